The summed E-state index contributed by atoms with van der Waals surface area (Å²) in [6.45, 7) is 6.23. The molecule has 0 amide bonds. The summed E-state index contributed by atoms with van der Waals surface area (Å²) in [7, 11) is 0. The molecule has 0 heterocycles. The minimum atomic E-state index is -0.417. The zero-order valence-electron chi connectivity index (χ0n) is 16.9. The number of nitriles is 1. The summed E-state index contributed by atoms with van der Waals surface area (Å²) < 4.78 is 10.6. The molecule has 0 aliphatic heterocycles. The number of hydrogen-bond donors (Lipinski definition) is 0. The van der Waals surface area contributed by atoms with Crippen LogP contribution >= 0.6 is 0 Å². The number of nitrogens with zero attached hydrogens (tertiary/aromatic N) is 1. The predicted octanol–water partition coefficient (Wildman–Crippen LogP) is 5.70. The molecule has 0 atom stereocenters. The van der Waals surface area contributed by atoms with E-state index in [1.165, 1.54) is 5.56 Å². The van der Waals surface area contributed by atoms with Gasteiger partial charge in [-0.15, -0.1) is 0 Å². The second kappa shape index (κ2) is 10.1. The number of benzene rings is 3. The molecule has 30 heavy (non-hydrogen) atoms. The van der Waals surface area contributed by atoms with Crippen molar-refractivity contribution >= 4 is 5.97 Å². The van der Waals surface area contributed by atoms with E-state index in [1.807, 2.05) is 48.5 Å². The van der Waals surface area contributed by atoms with Crippen molar-refractivity contribution in [2.75, 3.05) is 13.2 Å². The molecule has 0 bridgehead atoms. The lowest BCUT2D eigenvalue weighted by molar-refractivity contribution is -0.137. The van der Waals surface area contributed by atoms with E-state index in [-0.39, 0.29) is 0 Å². The average molecular weight is 397 g/mol. The van der Waals surface area contributed by atoms with E-state index >= 15 is 0 Å². The van der Waals surface area contributed by atoms with Gasteiger partial charge in [0.2, 0.25) is 0 Å². The number of carbonyl (C=O) groups is 1. The van der Waals surface area contributed by atoms with Gasteiger partial charge in [0.15, 0.2) is 0 Å². The van der Waals surface area contributed by atoms with Crippen LogP contribution in [0.5, 0.6) is 5.75 Å². The Labute approximate surface area is 177 Å². The Morgan fingerprint density at radius 2 is 1.63 bits per heavy atom. The Balaban J connectivity index is 1.62. The number of aryl methyl sites for hydroxylation is 1. The van der Waals surface area contributed by atoms with Gasteiger partial charge in [0.25, 0.3) is 0 Å². The van der Waals surface area contributed by atoms with Crippen LogP contribution in [0.2, 0.25) is 0 Å². The summed E-state index contributed by atoms with van der Waals surface area (Å²) in [6, 6.07) is 24.1. The van der Waals surface area contributed by atoms with Crippen molar-refractivity contribution in [1.29, 1.82) is 5.26 Å². The van der Waals surface area contributed by atoms with Crippen molar-refractivity contribution in [3.63, 3.8) is 0 Å². The molecule has 0 unspecified atom stereocenters. The third-order valence-corrected chi connectivity index (χ3v) is 4.71. The highest BCUT2D eigenvalue weighted by Gasteiger charge is 2.06. The standard InChI is InChI=1S/C26H23NO3/c1-3-26(28)30-16-4-15-29-24-12-9-21(10-13-24)23-11-14-25(19(2)17-23)22-7-5-20(18-27)6-8-22/h3,5-14,17H,1,4,15-16H2,2H3. The lowest BCUT2D eigenvalue weighted by atomic mass is 9.95. The monoisotopic (exact) mass is 397 g/mol. The molecule has 4 nitrogen and oxygen atoms in total. The Morgan fingerprint density at radius 1 is 0.967 bits per heavy atom. The van der Waals surface area contributed by atoms with Crippen molar-refractivity contribution < 1.29 is 14.3 Å². The molecule has 0 aromatic heterocycles. The lowest BCUT2D eigenvalue weighted by Crippen LogP contribution is -2.06. The number of ether oxygens (including phenoxy) is 2. The summed E-state index contributed by atoms with van der Waals surface area (Å²) in [5, 5.41) is 8.96. The van der Waals surface area contributed by atoms with E-state index in [9.17, 15) is 4.79 Å². The fourth-order valence-electron chi connectivity index (χ4n) is 3.12. The van der Waals surface area contributed by atoms with Crippen molar-refractivity contribution in [2.45, 2.75) is 13.3 Å². The van der Waals surface area contributed by atoms with Crippen LogP contribution in [0, 0.1) is 18.3 Å². The van der Waals surface area contributed by atoms with Gasteiger partial charge in [-0.2, -0.15) is 5.26 Å². The van der Waals surface area contributed by atoms with E-state index in [0.717, 1.165) is 34.1 Å². The molecule has 0 spiro atoms. The Kier molecular flexibility index (Phi) is 7.02. The topological polar surface area (TPSA) is 59.3 Å². The summed E-state index contributed by atoms with van der Waals surface area (Å²) in [4.78, 5) is 11.0. The average Bonchev–Trinajstić information content (AvgIpc) is 2.79. The molecule has 3 aromatic rings. The van der Waals surface area contributed by atoms with Crippen LogP contribution in [-0.2, 0) is 9.53 Å². The smallest absolute Gasteiger partial charge is 0.330 e. The maximum atomic E-state index is 11.0. The molecular weight excluding hydrogens is 374 g/mol. The van der Waals surface area contributed by atoms with Crippen molar-refractivity contribution in [3.8, 4) is 34.1 Å². The van der Waals surface area contributed by atoms with Crippen LogP contribution in [0.4, 0.5) is 0 Å². The van der Waals surface area contributed by atoms with Crippen LogP contribution in [0.3, 0.4) is 0 Å². The molecule has 3 aromatic carbocycles. The fourth-order valence-corrected chi connectivity index (χ4v) is 3.12. The molecule has 0 radical (unpaired) electrons. The fraction of sp³-hybridized carbons (Fsp3) is 0.154. The molecule has 4 heteroatoms. The van der Waals surface area contributed by atoms with E-state index < -0.39 is 5.97 Å². The Bertz CT molecular complexity index is 1060. The molecule has 0 N–H and O–H groups in total. The highest BCUT2D eigenvalue weighted by atomic mass is 16.5. The largest absolute Gasteiger partial charge is 0.493 e. The van der Waals surface area contributed by atoms with Crippen LogP contribution in [0.1, 0.15) is 17.5 Å². The quantitative estimate of drug-likeness (QED) is 0.278. The second-order valence-corrected chi connectivity index (χ2v) is 6.82. The summed E-state index contributed by atoms with van der Waals surface area (Å²) >= 11 is 0. The SMILES string of the molecule is C=CC(=O)OCCCOc1ccc(-c2ccc(-c3ccc(C#N)cc3)c(C)c2)cc1. The van der Waals surface area contributed by atoms with Crippen molar-refractivity contribution in [3.05, 3.63) is 90.5 Å². The van der Waals surface area contributed by atoms with Gasteiger partial charge in [0, 0.05) is 12.5 Å². The van der Waals surface area contributed by atoms with E-state index in [2.05, 4.69) is 37.8 Å². The first kappa shape index (κ1) is 20.9. The van der Waals surface area contributed by atoms with Gasteiger partial charge < -0.3 is 9.47 Å². The summed E-state index contributed by atoms with van der Waals surface area (Å²) in [5.41, 5.74) is 6.32. The minimum absolute atomic E-state index is 0.313. The summed E-state index contributed by atoms with van der Waals surface area (Å²) in [5.74, 6) is 0.361. The lowest BCUT2D eigenvalue weighted by Gasteiger charge is -2.11. The number of esters is 1. The van der Waals surface area contributed by atoms with Gasteiger partial charge >= 0.3 is 5.97 Å². The van der Waals surface area contributed by atoms with Gasteiger partial charge in [-0.1, -0.05) is 49.0 Å². The third-order valence-electron chi connectivity index (χ3n) is 4.71. The maximum Gasteiger partial charge on any atom is 0.330 e. The van der Waals surface area contributed by atoms with Gasteiger partial charge in [0.1, 0.15) is 5.75 Å². The van der Waals surface area contributed by atoms with E-state index in [0.29, 0.717) is 25.2 Å². The highest BCUT2D eigenvalue weighted by molar-refractivity contribution is 5.81. The van der Waals surface area contributed by atoms with Gasteiger partial charge in [0.05, 0.1) is 24.8 Å². The van der Waals surface area contributed by atoms with Crippen molar-refractivity contribution in [2.24, 2.45) is 0 Å². The van der Waals surface area contributed by atoms with Gasteiger partial charge in [-0.05, 0) is 59.0 Å². The molecule has 150 valence electrons. The van der Waals surface area contributed by atoms with Crippen LogP contribution in [-0.4, -0.2) is 19.2 Å². The molecule has 0 fully saturated rings. The zero-order valence-corrected chi connectivity index (χ0v) is 16.9. The van der Waals surface area contributed by atoms with E-state index in [4.69, 9.17) is 14.7 Å². The first-order valence-corrected chi connectivity index (χ1v) is 9.74. The minimum Gasteiger partial charge on any atom is -0.493 e. The van der Waals surface area contributed by atoms with Crippen LogP contribution in [0.15, 0.2) is 79.4 Å². The molecular formula is C26H23NO3. The second-order valence-electron chi connectivity index (χ2n) is 6.82. The van der Waals surface area contributed by atoms with E-state index in [1.54, 1.807) is 0 Å². The van der Waals surface area contributed by atoms with Crippen LogP contribution in [0.25, 0.3) is 22.3 Å². The van der Waals surface area contributed by atoms with Gasteiger partial charge in [-0.3, -0.25) is 0 Å². The number of carbonyl (C=O) groups excluding carboxylic acids is 1. The molecule has 3 rings (SSSR count). The number of hydrogen-bond acceptors (Lipinski definition) is 4. The normalized spacial score (nSPS) is 10.1. The first-order chi connectivity index (χ1) is 14.6. The zero-order chi connectivity index (χ0) is 21.3. The molecule has 0 aliphatic rings. The Hall–Kier alpha value is -3.84. The summed E-state index contributed by atoms with van der Waals surface area (Å²) in [6.07, 6.45) is 1.77. The highest BCUT2D eigenvalue weighted by Crippen LogP contribution is 2.29. The Morgan fingerprint density at radius 3 is 2.27 bits per heavy atom. The van der Waals surface area contributed by atoms with Crippen LogP contribution < -0.4 is 4.74 Å². The first-order valence-electron chi connectivity index (χ1n) is 9.74. The van der Waals surface area contributed by atoms with Crippen molar-refractivity contribution in [1.82, 2.24) is 0 Å². The predicted molar refractivity (Wildman–Crippen MR) is 118 cm³/mol. The molecule has 0 aliphatic carbocycles. The van der Waals surface area contributed by atoms with Gasteiger partial charge in [-0.25, -0.2) is 4.79 Å². The number of rotatable bonds is 8. The molecule has 0 saturated heterocycles. The molecule has 0 saturated carbocycles. The third kappa shape index (κ3) is 5.36. The maximum absolute atomic E-state index is 11.0.